The smallest absolute Gasteiger partial charge is 0.253 e. The van der Waals surface area contributed by atoms with Crippen LogP contribution in [0.5, 0.6) is 0 Å². The molecule has 0 bridgehead atoms. The highest BCUT2D eigenvalue weighted by atomic mass is 16.2. The van der Waals surface area contributed by atoms with Gasteiger partial charge < -0.3 is 9.80 Å². The molecule has 2 heterocycles. The molecule has 0 aliphatic carbocycles. The molecule has 2 aromatic carbocycles. The second kappa shape index (κ2) is 7.68. The lowest BCUT2D eigenvalue weighted by Crippen LogP contribution is -2.50. The van der Waals surface area contributed by atoms with Gasteiger partial charge in [-0.2, -0.15) is 5.10 Å². The minimum Gasteiger partial charge on any atom is -0.335 e. The minimum atomic E-state index is -0.00412. The molecule has 1 saturated heterocycles. The van der Waals surface area contributed by atoms with Crippen LogP contribution in [0.3, 0.4) is 0 Å². The van der Waals surface area contributed by atoms with Crippen LogP contribution in [-0.4, -0.2) is 57.6 Å². The van der Waals surface area contributed by atoms with E-state index in [9.17, 15) is 9.59 Å². The Kier molecular flexibility index (Phi) is 4.93. The van der Waals surface area contributed by atoms with Crippen LogP contribution in [0, 0.1) is 6.92 Å². The summed E-state index contributed by atoms with van der Waals surface area (Å²) >= 11 is 0. The summed E-state index contributed by atoms with van der Waals surface area (Å²) in [6, 6.07) is 18.7. The quantitative estimate of drug-likeness (QED) is 0.708. The van der Waals surface area contributed by atoms with Crippen LogP contribution in [0.15, 0.2) is 66.9 Å². The van der Waals surface area contributed by atoms with Crippen LogP contribution in [-0.2, 0) is 0 Å². The van der Waals surface area contributed by atoms with Gasteiger partial charge in [-0.3, -0.25) is 9.59 Å². The molecular formula is C22H22N4O2. The Balaban J connectivity index is 1.39. The Hall–Kier alpha value is -3.41. The summed E-state index contributed by atoms with van der Waals surface area (Å²) in [5.41, 5.74) is 3.30. The van der Waals surface area contributed by atoms with Gasteiger partial charge in [-0.25, -0.2) is 4.68 Å². The van der Waals surface area contributed by atoms with Crippen molar-refractivity contribution < 1.29 is 9.59 Å². The Morgan fingerprint density at radius 2 is 1.29 bits per heavy atom. The summed E-state index contributed by atoms with van der Waals surface area (Å²) in [6.45, 7) is 4.16. The Labute approximate surface area is 164 Å². The van der Waals surface area contributed by atoms with Gasteiger partial charge in [0.25, 0.3) is 11.8 Å². The van der Waals surface area contributed by atoms with Crippen molar-refractivity contribution in [2.75, 3.05) is 26.2 Å². The molecule has 1 aliphatic heterocycles. The molecule has 6 heteroatoms. The summed E-state index contributed by atoms with van der Waals surface area (Å²) in [5, 5.41) is 4.28. The molecule has 4 rings (SSSR count). The predicted molar refractivity (Wildman–Crippen MR) is 107 cm³/mol. The average molecular weight is 374 g/mol. The van der Waals surface area contributed by atoms with Gasteiger partial charge in [0.2, 0.25) is 0 Å². The minimum absolute atomic E-state index is 0.00412. The van der Waals surface area contributed by atoms with E-state index in [-0.39, 0.29) is 11.8 Å². The van der Waals surface area contributed by atoms with Crippen LogP contribution in [0.25, 0.3) is 5.69 Å². The van der Waals surface area contributed by atoms with E-state index >= 15 is 0 Å². The van der Waals surface area contributed by atoms with Crippen molar-refractivity contribution >= 4 is 11.8 Å². The number of nitrogens with zero attached hydrogens (tertiary/aromatic N) is 4. The maximum Gasteiger partial charge on any atom is 0.253 e. The standard InChI is InChI=1S/C22H22N4O2/c1-17-11-12-23-26(17)20-9-7-19(8-10-20)22(28)25-15-13-24(14-16-25)21(27)18-5-3-2-4-6-18/h2-12H,13-16H2,1H3. The van der Waals surface area contributed by atoms with E-state index in [4.69, 9.17) is 0 Å². The molecule has 0 unspecified atom stereocenters. The zero-order valence-electron chi connectivity index (χ0n) is 15.8. The third-order valence-electron chi connectivity index (χ3n) is 5.07. The van der Waals surface area contributed by atoms with E-state index < -0.39 is 0 Å². The van der Waals surface area contributed by atoms with Crippen molar-refractivity contribution in [1.29, 1.82) is 0 Å². The highest BCUT2D eigenvalue weighted by Crippen LogP contribution is 2.15. The van der Waals surface area contributed by atoms with E-state index in [1.54, 1.807) is 6.20 Å². The van der Waals surface area contributed by atoms with Crippen LogP contribution < -0.4 is 0 Å². The summed E-state index contributed by atoms with van der Waals surface area (Å²) in [7, 11) is 0. The Bertz CT molecular complexity index is 971. The lowest BCUT2D eigenvalue weighted by atomic mass is 10.1. The van der Waals surface area contributed by atoms with Gasteiger partial charge in [-0.1, -0.05) is 18.2 Å². The largest absolute Gasteiger partial charge is 0.335 e. The highest BCUT2D eigenvalue weighted by Gasteiger charge is 2.25. The zero-order valence-corrected chi connectivity index (χ0v) is 15.8. The van der Waals surface area contributed by atoms with Crippen molar-refractivity contribution in [1.82, 2.24) is 19.6 Å². The molecule has 0 spiro atoms. The molecule has 142 valence electrons. The number of rotatable bonds is 3. The lowest BCUT2D eigenvalue weighted by Gasteiger charge is -2.35. The highest BCUT2D eigenvalue weighted by molar-refractivity contribution is 5.96. The molecule has 1 fully saturated rings. The molecule has 3 aromatic rings. The van der Waals surface area contributed by atoms with Crippen molar-refractivity contribution in [3.8, 4) is 5.69 Å². The molecule has 0 atom stereocenters. The molecule has 2 amide bonds. The first-order valence-corrected chi connectivity index (χ1v) is 9.38. The number of benzene rings is 2. The third kappa shape index (κ3) is 3.53. The Morgan fingerprint density at radius 3 is 1.79 bits per heavy atom. The van der Waals surface area contributed by atoms with Crippen LogP contribution in [0.2, 0.25) is 0 Å². The molecule has 0 saturated carbocycles. The molecule has 1 aliphatic rings. The van der Waals surface area contributed by atoms with E-state index in [1.807, 2.05) is 82.1 Å². The van der Waals surface area contributed by atoms with Crippen molar-refractivity contribution in [3.63, 3.8) is 0 Å². The first-order valence-electron chi connectivity index (χ1n) is 9.38. The predicted octanol–water partition coefficient (Wildman–Crippen LogP) is 2.78. The second-order valence-electron chi connectivity index (χ2n) is 6.88. The number of amides is 2. The number of aryl methyl sites for hydroxylation is 1. The summed E-state index contributed by atoms with van der Waals surface area (Å²) in [5.74, 6) is 0.0159. The van der Waals surface area contributed by atoms with Crippen LogP contribution in [0.1, 0.15) is 26.4 Å². The normalized spacial score (nSPS) is 14.2. The van der Waals surface area contributed by atoms with Gasteiger partial charge in [0, 0.05) is 49.2 Å². The fraction of sp³-hybridized carbons (Fsp3) is 0.227. The number of carbonyl (C=O) groups is 2. The number of carbonyl (C=O) groups excluding carboxylic acids is 2. The Morgan fingerprint density at radius 1 is 0.750 bits per heavy atom. The van der Waals surface area contributed by atoms with Crippen molar-refractivity contribution in [2.45, 2.75) is 6.92 Å². The fourth-order valence-corrected chi connectivity index (χ4v) is 3.44. The number of hydrogen-bond donors (Lipinski definition) is 0. The maximum atomic E-state index is 12.8. The first-order chi connectivity index (χ1) is 13.6. The fourth-order valence-electron chi connectivity index (χ4n) is 3.44. The summed E-state index contributed by atoms with van der Waals surface area (Å²) in [4.78, 5) is 29.0. The first kappa shape index (κ1) is 18.0. The van der Waals surface area contributed by atoms with E-state index in [1.165, 1.54) is 0 Å². The zero-order chi connectivity index (χ0) is 19.5. The van der Waals surface area contributed by atoms with E-state index in [2.05, 4.69) is 5.10 Å². The molecule has 0 radical (unpaired) electrons. The summed E-state index contributed by atoms with van der Waals surface area (Å²) in [6.07, 6.45) is 1.75. The number of aromatic nitrogens is 2. The van der Waals surface area contributed by atoms with Gasteiger partial charge in [0.05, 0.1) is 5.69 Å². The van der Waals surface area contributed by atoms with Crippen molar-refractivity contribution in [3.05, 3.63) is 83.7 Å². The summed E-state index contributed by atoms with van der Waals surface area (Å²) < 4.78 is 1.84. The second-order valence-corrected chi connectivity index (χ2v) is 6.88. The SMILES string of the molecule is Cc1ccnn1-c1ccc(C(=O)N2CCN(C(=O)c3ccccc3)CC2)cc1. The number of piperazine rings is 1. The molecule has 0 N–H and O–H groups in total. The van der Waals surface area contributed by atoms with Gasteiger partial charge in [-0.15, -0.1) is 0 Å². The topological polar surface area (TPSA) is 58.4 Å². The maximum absolute atomic E-state index is 12.8. The van der Waals surface area contributed by atoms with Gasteiger partial charge in [-0.05, 0) is 49.4 Å². The monoisotopic (exact) mass is 374 g/mol. The van der Waals surface area contributed by atoms with Gasteiger partial charge >= 0.3 is 0 Å². The lowest BCUT2D eigenvalue weighted by molar-refractivity contribution is 0.0535. The molecule has 6 nitrogen and oxygen atoms in total. The molecule has 1 aromatic heterocycles. The van der Waals surface area contributed by atoms with Gasteiger partial charge in [0.15, 0.2) is 0 Å². The van der Waals surface area contributed by atoms with Crippen molar-refractivity contribution in [2.24, 2.45) is 0 Å². The number of hydrogen-bond acceptors (Lipinski definition) is 3. The molecule has 28 heavy (non-hydrogen) atoms. The van der Waals surface area contributed by atoms with Crippen LogP contribution in [0.4, 0.5) is 0 Å². The van der Waals surface area contributed by atoms with E-state index in [0.29, 0.717) is 37.3 Å². The molecular weight excluding hydrogens is 352 g/mol. The van der Waals surface area contributed by atoms with Gasteiger partial charge in [0.1, 0.15) is 0 Å². The van der Waals surface area contributed by atoms with E-state index in [0.717, 1.165) is 11.4 Å². The third-order valence-corrected chi connectivity index (χ3v) is 5.07. The van der Waals surface area contributed by atoms with Crippen LogP contribution >= 0.6 is 0 Å². The average Bonchev–Trinajstić information content (AvgIpc) is 3.19.